The highest BCUT2D eigenvalue weighted by molar-refractivity contribution is 7.87. The van der Waals surface area contributed by atoms with E-state index in [0.29, 0.717) is 25.7 Å². The number of aliphatic hydroxyl groups is 1. The normalized spacial score (nSPS) is 15.3. The molecule has 2 unspecified atom stereocenters. The zero-order chi connectivity index (χ0) is 18.6. The van der Waals surface area contributed by atoms with Crippen LogP contribution in [0.2, 0.25) is 0 Å². The summed E-state index contributed by atoms with van der Waals surface area (Å²) < 4.78 is 58.6. The second-order valence-electron chi connectivity index (χ2n) is 5.48. The highest BCUT2D eigenvalue weighted by Crippen LogP contribution is 2.19. The summed E-state index contributed by atoms with van der Waals surface area (Å²) in [5.41, 5.74) is 0. The van der Waals surface area contributed by atoms with Crippen molar-refractivity contribution < 1.29 is 34.5 Å². The van der Waals surface area contributed by atoms with Crippen LogP contribution in [-0.4, -0.2) is 54.1 Å². The van der Waals surface area contributed by atoms with E-state index < -0.39 is 31.9 Å². The Balaban J connectivity index is 3.88. The lowest BCUT2D eigenvalue weighted by Gasteiger charge is -2.20. The average molecular weight is 391 g/mol. The molecule has 0 fully saturated rings. The maximum atomic E-state index is 11.8. The first-order valence-electron chi connectivity index (χ1n) is 8.12. The van der Waals surface area contributed by atoms with Crippen molar-refractivity contribution >= 4 is 20.5 Å². The molecule has 24 heavy (non-hydrogen) atoms. The van der Waals surface area contributed by atoms with Crippen LogP contribution in [0.3, 0.4) is 0 Å². The highest BCUT2D eigenvalue weighted by Gasteiger charge is 2.30. The summed E-state index contributed by atoms with van der Waals surface area (Å²) in [5.74, 6) is 0. The van der Waals surface area contributed by atoms with Crippen LogP contribution in [0.4, 0.5) is 0 Å². The van der Waals surface area contributed by atoms with Crippen LogP contribution in [0, 0.1) is 0 Å². The van der Waals surface area contributed by atoms with Gasteiger partial charge in [0.05, 0.1) is 26.9 Å². The fourth-order valence-corrected chi connectivity index (χ4v) is 3.98. The summed E-state index contributed by atoms with van der Waals surface area (Å²) in [5, 5.41) is 8.95. The van der Waals surface area contributed by atoms with Crippen molar-refractivity contribution in [3.63, 3.8) is 0 Å². The molecule has 0 radical (unpaired) electrons. The molecule has 0 aliphatic carbocycles. The van der Waals surface area contributed by atoms with Gasteiger partial charge >= 0.3 is 10.4 Å². The second kappa shape index (κ2) is 12.2. The summed E-state index contributed by atoms with van der Waals surface area (Å²) in [6.45, 7) is 1.82. The van der Waals surface area contributed by atoms with E-state index in [1.54, 1.807) is 6.92 Å². The Labute approximate surface area is 145 Å². The molecule has 0 bridgehead atoms. The van der Waals surface area contributed by atoms with E-state index in [9.17, 15) is 21.9 Å². The Morgan fingerprint density at radius 3 is 1.92 bits per heavy atom. The molecule has 0 aromatic heterocycles. The second-order valence-corrected chi connectivity index (χ2v) is 8.79. The third-order valence-corrected chi connectivity index (χ3v) is 6.38. The minimum Gasteiger partial charge on any atom is -0.392 e. The predicted octanol–water partition coefficient (Wildman–Crippen LogP) is 1.74. The van der Waals surface area contributed by atoms with E-state index in [1.807, 2.05) is 0 Å². The smallest absolute Gasteiger partial charge is 0.392 e. The minimum absolute atomic E-state index is 0.0903. The minimum atomic E-state index is -3.85. The molecular weight excluding hydrogens is 360 g/mol. The van der Waals surface area contributed by atoms with Gasteiger partial charge in [0.2, 0.25) is 0 Å². The topological polar surface area (TPSA) is 116 Å². The van der Waals surface area contributed by atoms with E-state index in [2.05, 4.69) is 12.5 Å². The fourth-order valence-electron chi connectivity index (χ4n) is 2.28. The molecule has 2 atom stereocenters. The molecule has 0 aromatic rings. The van der Waals surface area contributed by atoms with Gasteiger partial charge in [-0.1, -0.05) is 39.0 Å². The van der Waals surface area contributed by atoms with Gasteiger partial charge in [-0.25, -0.2) is 4.18 Å². The number of aliphatic hydroxyl groups excluding tert-OH is 1. The van der Waals surface area contributed by atoms with Gasteiger partial charge in [0.1, 0.15) is 5.25 Å². The van der Waals surface area contributed by atoms with Gasteiger partial charge in [0.25, 0.3) is 10.1 Å². The van der Waals surface area contributed by atoms with Crippen LogP contribution in [-0.2, 0) is 33.1 Å². The molecule has 0 saturated carbocycles. The first kappa shape index (κ1) is 23.7. The van der Waals surface area contributed by atoms with Crippen molar-refractivity contribution in [2.24, 2.45) is 0 Å². The third-order valence-electron chi connectivity index (χ3n) is 3.77. The van der Waals surface area contributed by atoms with Crippen molar-refractivity contribution in [2.45, 2.75) is 69.6 Å². The number of unbranched alkanes of at least 4 members (excludes halogenated alkanes) is 5. The Morgan fingerprint density at radius 1 is 0.875 bits per heavy atom. The molecule has 0 rings (SSSR count). The SMILES string of the molecule is CCC(O)C(CCCCCCCCOS(=O)(=O)OC)S(=O)(=O)OC. The molecule has 0 saturated heterocycles. The summed E-state index contributed by atoms with van der Waals surface area (Å²) in [4.78, 5) is 0. The number of hydrogen-bond donors (Lipinski definition) is 1. The van der Waals surface area contributed by atoms with Gasteiger partial charge in [-0.05, 0) is 19.3 Å². The zero-order valence-corrected chi connectivity index (χ0v) is 16.3. The standard InChI is InChI=1S/C14H30O8S2/c1-4-13(15)14(23(16,17)20-2)11-9-7-5-6-8-10-12-22-24(18,19)21-3/h13-15H,4-12H2,1-3H3. The molecule has 0 aromatic carbocycles. The van der Waals surface area contributed by atoms with Gasteiger partial charge in [0.15, 0.2) is 0 Å². The number of rotatable bonds is 15. The van der Waals surface area contributed by atoms with Crippen molar-refractivity contribution in [2.75, 3.05) is 20.8 Å². The van der Waals surface area contributed by atoms with Crippen molar-refractivity contribution in [1.29, 1.82) is 0 Å². The first-order valence-corrected chi connectivity index (χ1v) is 10.9. The first-order chi connectivity index (χ1) is 11.2. The maximum absolute atomic E-state index is 11.8. The Bertz CT molecular complexity index is 515. The van der Waals surface area contributed by atoms with Crippen molar-refractivity contribution in [3.05, 3.63) is 0 Å². The van der Waals surface area contributed by atoms with E-state index in [0.717, 1.165) is 39.9 Å². The molecule has 146 valence electrons. The van der Waals surface area contributed by atoms with Gasteiger partial charge < -0.3 is 5.11 Å². The van der Waals surface area contributed by atoms with Gasteiger partial charge in [-0.15, -0.1) is 0 Å². The summed E-state index contributed by atoms with van der Waals surface area (Å²) in [6, 6.07) is 0. The van der Waals surface area contributed by atoms with Crippen LogP contribution in [0.5, 0.6) is 0 Å². The lowest BCUT2D eigenvalue weighted by atomic mass is 10.0. The molecular formula is C14H30O8S2. The van der Waals surface area contributed by atoms with Crippen LogP contribution >= 0.6 is 0 Å². The van der Waals surface area contributed by atoms with Crippen LogP contribution < -0.4 is 0 Å². The highest BCUT2D eigenvalue weighted by atomic mass is 32.3. The van der Waals surface area contributed by atoms with Gasteiger partial charge in [0, 0.05) is 0 Å². The molecule has 1 N–H and O–H groups in total. The predicted molar refractivity (Wildman–Crippen MR) is 90.2 cm³/mol. The third kappa shape index (κ3) is 9.90. The molecule has 8 nitrogen and oxygen atoms in total. The quantitative estimate of drug-likeness (QED) is 0.332. The van der Waals surface area contributed by atoms with E-state index in [1.165, 1.54) is 0 Å². The number of hydrogen-bond acceptors (Lipinski definition) is 8. The van der Waals surface area contributed by atoms with Crippen molar-refractivity contribution in [3.8, 4) is 0 Å². The summed E-state index contributed by atoms with van der Waals surface area (Å²) in [7, 11) is -5.43. The molecule has 0 heterocycles. The van der Waals surface area contributed by atoms with Crippen molar-refractivity contribution in [1.82, 2.24) is 0 Å². The van der Waals surface area contributed by atoms with Gasteiger partial charge in [-0.3, -0.25) is 8.37 Å². The van der Waals surface area contributed by atoms with Gasteiger partial charge in [-0.2, -0.15) is 16.8 Å². The Kier molecular flexibility index (Phi) is 12.0. The van der Waals surface area contributed by atoms with E-state index in [4.69, 9.17) is 0 Å². The Hall–Kier alpha value is -0.260. The zero-order valence-electron chi connectivity index (χ0n) is 14.6. The molecule has 10 heteroatoms. The van der Waals surface area contributed by atoms with E-state index in [-0.39, 0.29) is 6.61 Å². The van der Waals surface area contributed by atoms with E-state index >= 15 is 0 Å². The largest absolute Gasteiger partial charge is 0.399 e. The lowest BCUT2D eigenvalue weighted by molar-refractivity contribution is 0.154. The Morgan fingerprint density at radius 2 is 1.42 bits per heavy atom. The molecule has 0 aliphatic heterocycles. The monoisotopic (exact) mass is 390 g/mol. The fraction of sp³-hybridized carbons (Fsp3) is 1.00. The lowest BCUT2D eigenvalue weighted by Crippen LogP contribution is -2.34. The average Bonchev–Trinajstić information content (AvgIpc) is 2.55. The van der Waals surface area contributed by atoms with Crippen LogP contribution in [0.1, 0.15) is 58.3 Å². The molecule has 0 amide bonds. The molecule has 0 aliphatic rings. The maximum Gasteiger partial charge on any atom is 0.399 e. The van der Waals surface area contributed by atoms with Crippen LogP contribution in [0.25, 0.3) is 0 Å². The summed E-state index contributed by atoms with van der Waals surface area (Å²) in [6.07, 6.45) is 4.54. The molecule has 0 spiro atoms. The summed E-state index contributed by atoms with van der Waals surface area (Å²) >= 11 is 0. The van der Waals surface area contributed by atoms with Crippen LogP contribution in [0.15, 0.2) is 0 Å².